The van der Waals surface area contributed by atoms with Crippen LogP contribution in [0.25, 0.3) is 0 Å². The Morgan fingerprint density at radius 2 is 2.21 bits per heavy atom. The number of nitrogens with one attached hydrogen (secondary N) is 1. The molecule has 100 valence electrons. The van der Waals surface area contributed by atoms with Gasteiger partial charge in [0.1, 0.15) is 11.8 Å². The smallest absolute Gasteiger partial charge is 0.245 e. The highest BCUT2D eigenvalue weighted by Gasteiger charge is 2.24. The average molecular weight is 284 g/mol. The molecular formula is C12H11ClFN3O2. The minimum absolute atomic E-state index is 0.0443. The number of dihydropyridines is 1. The first-order valence-corrected chi connectivity index (χ1v) is 5.71. The van der Waals surface area contributed by atoms with Gasteiger partial charge in [-0.1, -0.05) is 11.6 Å². The molecule has 1 aromatic rings. The highest BCUT2D eigenvalue weighted by Crippen LogP contribution is 2.26. The molecule has 1 aliphatic heterocycles. The molecule has 19 heavy (non-hydrogen) atoms. The number of anilines is 1. The maximum Gasteiger partial charge on any atom is 0.245 e. The van der Waals surface area contributed by atoms with Gasteiger partial charge < -0.3 is 21.5 Å². The van der Waals surface area contributed by atoms with Crippen LogP contribution in [-0.2, 0) is 4.79 Å². The summed E-state index contributed by atoms with van der Waals surface area (Å²) in [6.07, 6.45) is 2.92. The van der Waals surface area contributed by atoms with Gasteiger partial charge in [0.15, 0.2) is 11.6 Å². The van der Waals surface area contributed by atoms with E-state index in [0.717, 1.165) is 6.07 Å². The Morgan fingerprint density at radius 3 is 2.84 bits per heavy atom. The molecule has 0 aromatic heterocycles. The van der Waals surface area contributed by atoms with Crippen molar-refractivity contribution in [3.63, 3.8) is 0 Å². The number of benzene rings is 1. The van der Waals surface area contributed by atoms with Gasteiger partial charge in [0.2, 0.25) is 5.91 Å². The normalized spacial score (nSPS) is 18.1. The summed E-state index contributed by atoms with van der Waals surface area (Å²) in [6, 6.07) is 3.10. The zero-order chi connectivity index (χ0) is 14.0. The molecule has 0 fully saturated rings. The number of carbonyl (C=O) groups excluding carboxylic acids is 1. The van der Waals surface area contributed by atoms with Crippen molar-refractivity contribution in [2.75, 3.05) is 5.73 Å². The number of allylic oxidation sites excluding steroid dienone is 1. The largest absolute Gasteiger partial charge is 0.453 e. The number of ether oxygens (including phenoxy) is 1. The molecular weight excluding hydrogens is 273 g/mol. The molecule has 1 unspecified atom stereocenters. The molecule has 1 heterocycles. The third-order valence-corrected chi connectivity index (χ3v) is 2.85. The Labute approximate surface area is 113 Å². The highest BCUT2D eigenvalue weighted by molar-refractivity contribution is 6.32. The van der Waals surface area contributed by atoms with Crippen molar-refractivity contribution in [2.24, 2.45) is 5.73 Å². The Hall–Kier alpha value is -2.21. The number of rotatable bonds is 3. The van der Waals surface area contributed by atoms with Crippen LogP contribution in [0.5, 0.6) is 5.75 Å². The average Bonchev–Trinajstić information content (AvgIpc) is 2.34. The zero-order valence-corrected chi connectivity index (χ0v) is 10.4. The summed E-state index contributed by atoms with van der Waals surface area (Å²) in [5, 5.41) is 2.73. The summed E-state index contributed by atoms with van der Waals surface area (Å²) in [7, 11) is 0. The molecule has 0 bridgehead atoms. The number of hydrogen-bond acceptors (Lipinski definition) is 4. The fourth-order valence-electron chi connectivity index (χ4n) is 1.52. The molecule has 0 spiro atoms. The van der Waals surface area contributed by atoms with Crippen LogP contribution >= 0.6 is 11.6 Å². The van der Waals surface area contributed by atoms with E-state index < -0.39 is 17.8 Å². The van der Waals surface area contributed by atoms with Crippen LogP contribution in [0, 0.1) is 5.82 Å². The maximum absolute atomic E-state index is 13.6. The molecule has 0 radical (unpaired) electrons. The monoisotopic (exact) mass is 283 g/mol. The molecule has 0 saturated carbocycles. The minimum atomic E-state index is -0.890. The second kappa shape index (κ2) is 5.19. The number of nitrogens with two attached hydrogens (primary N) is 2. The number of carbonyl (C=O) groups is 1. The van der Waals surface area contributed by atoms with Gasteiger partial charge in [-0.15, -0.1) is 0 Å². The Kier molecular flexibility index (Phi) is 3.62. The van der Waals surface area contributed by atoms with Gasteiger partial charge in [-0.05, 0) is 18.2 Å². The van der Waals surface area contributed by atoms with Gasteiger partial charge in [0.25, 0.3) is 0 Å². The van der Waals surface area contributed by atoms with E-state index in [2.05, 4.69) is 5.32 Å². The summed E-state index contributed by atoms with van der Waals surface area (Å²) >= 11 is 5.97. The Bertz CT molecular complexity index is 586. The summed E-state index contributed by atoms with van der Waals surface area (Å²) in [4.78, 5) is 11.1. The summed E-state index contributed by atoms with van der Waals surface area (Å²) in [6.45, 7) is 0. The van der Waals surface area contributed by atoms with Gasteiger partial charge in [-0.25, -0.2) is 4.39 Å². The van der Waals surface area contributed by atoms with Gasteiger partial charge in [0.05, 0.1) is 5.03 Å². The van der Waals surface area contributed by atoms with Crippen LogP contribution in [0.1, 0.15) is 0 Å². The standard InChI is InChI=1S/C12H11ClFN3O2/c13-10-9(3-4-17-11(10)12(16)18)19-8-2-1-6(15)5-7(8)14/h1-5,11,17H,15H2,(H2,16,18). The van der Waals surface area contributed by atoms with Crippen molar-refractivity contribution < 1.29 is 13.9 Å². The summed E-state index contributed by atoms with van der Waals surface area (Å²) < 4.78 is 18.9. The second-order valence-corrected chi connectivity index (χ2v) is 4.25. The maximum atomic E-state index is 13.6. The van der Waals surface area contributed by atoms with Crippen molar-refractivity contribution in [3.05, 3.63) is 47.1 Å². The number of amides is 1. The fraction of sp³-hybridized carbons (Fsp3) is 0.0833. The van der Waals surface area contributed by atoms with Crippen LogP contribution in [0.15, 0.2) is 41.3 Å². The molecule has 1 amide bonds. The molecule has 5 N–H and O–H groups in total. The van der Waals surface area contributed by atoms with Crippen molar-refractivity contribution in [3.8, 4) is 5.75 Å². The lowest BCUT2D eigenvalue weighted by atomic mass is 10.2. The first-order chi connectivity index (χ1) is 8.99. The van der Waals surface area contributed by atoms with E-state index >= 15 is 0 Å². The minimum Gasteiger partial charge on any atom is -0.453 e. The SMILES string of the molecule is NC(=O)C1NC=CC(Oc2ccc(N)cc2F)=C1Cl. The second-order valence-electron chi connectivity index (χ2n) is 3.84. The molecule has 0 aliphatic carbocycles. The van der Waals surface area contributed by atoms with E-state index in [1.165, 1.54) is 24.4 Å². The number of hydrogen-bond donors (Lipinski definition) is 3. The fourth-order valence-corrected chi connectivity index (χ4v) is 1.80. The van der Waals surface area contributed by atoms with E-state index in [1.54, 1.807) is 0 Å². The van der Waals surface area contributed by atoms with E-state index in [9.17, 15) is 9.18 Å². The molecule has 7 heteroatoms. The summed E-state index contributed by atoms with van der Waals surface area (Å²) in [5.74, 6) is -1.18. The Balaban J connectivity index is 2.29. The van der Waals surface area contributed by atoms with Crippen LogP contribution < -0.4 is 21.5 Å². The predicted molar refractivity (Wildman–Crippen MR) is 69.6 cm³/mol. The predicted octanol–water partition coefficient (Wildman–Crippen LogP) is 1.21. The van der Waals surface area contributed by atoms with Crippen molar-refractivity contribution in [1.29, 1.82) is 0 Å². The Morgan fingerprint density at radius 1 is 1.47 bits per heavy atom. The topological polar surface area (TPSA) is 90.4 Å². The van der Waals surface area contributed by atoms with Gasteiger partial charge >= 0.3 is 0 Å². The van der Waals surface area contributed by atoms with Crippen molar-refractivity contribution >= 4 is 23.2 Å². The lowest BCUT2D eigenvalue weighted by Gasteiger charge is -2.20. The number of nitrogen functional groups attached to an aromatic ring is 1. The van der Waals surface area contributed by atoms with Crippen LogP contribution in [0.2, 0.25) is 0 Å². The molecule has 1 atom stereocenters. The quantitative estimate of drug-likeness (QED) is 0.727. The van der Waals surface area contributed by atoms with Crippen LogP contribution in [0.4, 0.5) is 10.1 Å². The van der Waals surface area contributed by atoms with Gasteiger partial charge in [-0.2, -0.15) is 0 Å². The number of halogens is 2. The molecule has 1 aromatic carbocycles. The first-order valence-electron chi connectivity index (χ1n) is 5.33. The van der Waals surface area contributed by atoms with Crippen LogP contribution in [0.3, 0.4) is 0 Å². The molecule has 1 aliphatic rings. The molecule has 5 nitrogen and oxygen atoms in total. The van der Waals surface area contributed by atoms with Gasteiger partial charge in [-0.3, -0.25) is 4.79 Å². The molecule has 2 rings (SSSR count). The first kappa shape index (κ1) is 13.2. The van der Waals surface area contributed by atoms with E-state index in [-0.39, 0.29) is 22.2 Å². The van der Waals surface area contributed by atoms with E-state index in [4.69, 9.17) is 27.8 Å². The lowest BCUT2D eigenvalue weighted by molar-refractivity contribution is -0.118. The third kappa shape index (κ3) is 2.79. The molecule has 0 saturated heterocycles. The summed E-state index contributed by atoms with van der Waals surface area (Å²) in [5.41, 5.74) is 10.9. The number of primary amides is 1. The van der Waals surface area contributed by atoms with Crippen molar-refractivity contribution in [2.45, 2.75) is 6.04 Å². The van der Waals surface area contributed by atoms with E-state index in [1.807, 2.05) is 0 Å². The third-order valence-electron chi connectivity index (χ3n) is 2.45. The van der Waals surface area contributed by atoms with Crippen LogP contribution in [-0.4, -0.2) is 11.9 Å². The van der Waals surface area contributed by atoms with E-state index in [0.29, 0.717) is 0 Å². The zero-order valence-electron chi connectivity index (χ0n) is 9.69. The van der Waals surface area contributed by atoms with Crippen molar-refractivity contribution in [1.82, 2.24) is 5.32 Å². The lowest BCUT2D eigenvalue weighted by Crippen LogP contribution is -2.41. The highest BCUT2D eigenvalue weighted by atomic mass is 35.5. The van der Waals surface area contributed by atoms with Gasteiger partial charge in [0, 0.05) is 18.0 Å².